The molecule has 0 amide bonds. The summed E-state index contributed by atoms with van der Waals surface area (Å²) in [5.74, 6) is 1.55. The summed E-state index contributed by atoms with van der Waals surface area (Å²) < 4.78 is 5.57. The van der Waals surface area contributed by atoms with Crippen LogP contribution < -0.4 is 0 Å². The van der Waals surface area contributed by atoms with Crippen molar-refractivity contribution in [1.82, 2.24) is 0 Å². The quantitative estimate of drug-likeness (QED) is 0.601. The van der Waals surface area contributed by atoms with E-state index in [1.165, 1.54) is 38.5 Å². The predicted molar refractivity (Wildman–Crippen MR) is 57.3 cm³/mol. The molecule has 0 saturated carbocycles. The lowest BCUT2D eigenvalue weighted by atomic mass is 9.99. The molecule has 2 unspecified atom stereocenters. The van der Waals surface area contributed by atoms with Gasteiger partial charge in [0, 0.05) is 12.5 Å². The van der Waals surface area contributed by atoms with Crippen LogP contribution in [0.3, 0.4) is 0 Å². The summed E-state index contributed by atoms with van der Waals surface area (Å²) >= 11 is 5.83. The lowest BCUT2D eigenvalue weighted by Gasteiger charge is -2.13. The third-order valence-electron chi connectivity index (χ3n) is 2.96. The van der Waals surface area contributed by atoms with Crippen molar-refractivity contribution < 1.29 is 4.74 Å². The van der Waals surface area contributed by atoms with E-state index in [2.05, 4.69) is 6.92 Å². The van der Waals surface area contributed by atoms with Crippen molar-refractivity contribution in [3.8, 4) is 0 Å². The van der Waals surface area contributed by atoms with Crippen molar-refractivity contribution >= 4 is 11.6 Å². The van der Waals surface area contributed by atoms with Gasteiger partial charge in [0.15, 0.2) is 0 Å². The highest BCUT2D eigenvalue weighted by molar-refractivity contribution is 6.18. The van der Waals surface area contributed by atoms with Crippen LogP contribution in [-0.4, -0.2) is 18.6 Å². The van der Waals surface area contributed by atoms with Crippen LogP contribution in [0.25, 0.3) is 0 Å². The van der Waals surface area contributed by atoms with Crippen molar-refractivity contribution in [2.45, 2.75) is 51.6 Å². The van der Waals surface area contributed by atoms with Gasteiger partial charge >= 0.3 is 0 Å². The Hall–Kier alpha value is 0.250. The topological polar surface area (TPSA) is 9.23 Å². The number of halogens is 1. The van der Waals surface area contributed by atoms with Crippen LogP contribution in [0.15, 0.2) is 0 Å². The predicted octanol–water partition coefficient (Wildman–Crippen LogP) is 3.60. The van der Waals surface area contributed by atoms with Gasteiger partial charge in [-0.1, -0.05) is 19.8 Å². The first-order valence-electron chi connectivity index (χ1n) is 5.54. The highest BCUT2D eigenvalue weighted by Gasteiger charge is 2.15. The van der Waals surface area contributed by atoms with E-state index >= 15 is 0 Å². The summed E-state index contributed by atoms with van der Waals surface area (Å²) in [7, 11) is 0. The molecule has 0 aromatic heterocycles. The fourth-order valence-electron chi connectivity index (χ4n) is 1.90. The van der Waals surface area contributed by atoms with Crippen LogP contribution in [0.5, 0.6) is 0 Å². The third kappa shape index (κ3) is 4.33. The maximum atomic E-state index is 5.83. The SMILES string of the molecule is CCC(CCl)CCCC1CCCO1. The summed E-state index contributed by atoms with van der Waals surface area (Å²) in [6, 6.07) is 0. The van der Waals surface area contributed by atoms with Crippen LogP contribution in [0.4, 0.5) is 0 Å². The van der Waals surface area contributed by atoms with Crippen LogP contribution >= 0.6 is 11.6 Å². The van der Waals surface area contributed by atoms with E-state index in [0.717, 1.165) is 18.4 Å². The Morgan fingerprint density at radius 1 is 1.54 bits per heavy atom. The fraction of sp³-hybridized carbons (Fsp3) is 1.00. The Morgan fingerprint density at radius 3 is 2.92 bits per heavy atom. The number of alkyl halides is 1. The van der Waals surface area contributed by atoms with E-state index in [-0.39, 0.29) is 0 Å². The minimum absolute atomic E-state index is 0.563. The number of hydrogen-bond donors (Lipinski definition) is 0. The van der Waals surface area contributed by atoms with Crippen LogP contribution in [0.2, 0.25) is 0 Å². The Balaban J connectivity index is 1.98. The van der Waals surface area contributed by atoms with Gasteiger partial charge in [0.05, 0.1) is 6.10 Å². The zero-order valence-corrected chi connectivity index (χ0v) is 9.35. The third-order valence-corrected chi connectivity index (χ3v) is 3.39. The minimum Gasteiger partial charge on any atom is -0.378 e. The van der Waals surface area contributed by atoms with Crippen LogP contribution in [-0.2, 0) is 4.74 Å². The molecule has 78 valence electrons. The average molecular weight is 205 g/mol. The Labute approximate surface area is 86.8 Å². The molecule has 0 aliphatic carbocycles. The molecule has 2 heteroatoms. The molecule has 1 nitrogen and oxygen atoms in total. The Kier molecular flexibility index (Phi) is 5.81. The van der Waals surface area contributed by atoms with Crippen molar-refractivity contribution in [1.29, 1.82) is 0 Å². The molecule has 13 heavy (non-hydrogen) atoms. The van der Waals surface area contributed by atoms with Gasteiger partial charge in [0.25, 0.3) is 0 Å². The zero-order valence-electron chi connectivity index (χ0n) is 8.60. The molecule has 0 radical (unpaired) electrons. The number of hydrogen-bond acceptors (Lipinski definition) is 1. The average Bonchev–Trinajstić information content (AvgIpc) is 2.65. The molecule has 0 N–H and O–H groups in total. The fourth-order valence-corrected chi connectivity index (χ4v) is 2.27. The molecule has 0 bridgehead atoms. The van der Waals surface area contributed by atoms with Gasteiger partial charge in [0.1, 0.15) is 0 Å². The van der Waals surface area contributed by atoms with Crippen LogP contribution in [0, 0.1) is 5.92 Å². The van der Waals surface area contributed by atoms with E-state index in [4.69, 9.17) is 16.3 Å². The molecule has 0 spiro atoms. The second-order valence-electron chi connectivity index (χ2n) is 3.99. The van der Waals surface area contributed by atoms with E-state index in [0.29, 0.717) is 6.10 Å². The monoisotopic (exact) mass is 204 g/mol. The van der Waals surface area contributed by atoms with Gasteiger partial charge in [-0.15, -0.1) is 11.6 Å². The molecule has 1 fully saturated rings. The molecule has 0 aromatic carbocycles. The second-order valence-corrected chi connectivity index (χ2v) is 4.30. The summed E-state index contributed by atoms with van der Waals surface area (Å²) in [6.45, 7) is 3.20. The van der Waals surface area contributed by atoms with Gasteiger partial charge < -0.3 is 4.74 Å². The normalized spacial score (nSPS) is 24.9. The lowest BCUT2D eigenvalue weighted by molar-refractivity contribution is 0.101. The summed E-state index contributed by atoms with van der Waals surface area (Å²) in [6.07, 6.45) is 8.13. The highest BCUT2D eigenvalue weighted by atomic mass is 35.5. The second kappa shape index (κ2) is 6.67. The molecule has 2 atom stereocenters. The Morgan fingerprint density at radius 2 is 2.38 bits per heavy atom. The maximum Gasteiger partial charge on any atom is 0.0576 e. The number of rotatable bonds is 6. The van der Waals surface area contributed by atoms with E-state index in [9.17, 15) is 0 Å². The lowest BCUT2D eigenvalue weighted by Crippen LogP contribution is -2.07. The molecular weight excluding hydrogens is 184 g/mol. The maximum absolute atomic E-state index is 5.83. The van der Waals surface area contributed by atoms with E-state index in [1.807, 2.05) is 0 Å². The number of ether oxygens (including phenoxy) is 1. The zero-order chi connectivity index (χ0) is 9.52. The molecule has 0 aromatic rings. The van der Waals surface area contributed by atoms with Crippen LogP contribution in [0.1, 0.15) is 45.4 Å². The van der Waals surface area contributed by atoms with Crippen molar-refractivity contribution in [3.05, 3.63) is 0 Å². The summed E-state index contributed by atoms with van der Waals surface area (Å²) in [5.41, 5.74) is 0. The first-order chi connectivity index (χ1) is 6.36. The van der Waals surface area contributed by atoms with Crippen molar-refractivity contribution in [3.63, 3.8) is 0 Å². The van der Waals surface area contributed by atoms with Gasteiger partial charge in [-0.3, -0.25) is 0 Å². The highest BCUT2D eigenvalue weighted by Crippen LogP contribution is 2.20. The van der Waals surface area contributed by atoms with Gasteiger partial charge in [0.2, 0.25) is 0 Å². The molecular formula is C11H21ClO. The molecule has 1 aliphatic heterocycles. The first-order valence-corrected chi connectivity index (χ1v) is 6.07. The first kappa shape index (κ1) is 11.3. The molecule has 1 saturated heterocycles. The smallest absolute Gasteiger partial charge is 0.0576 e. The van der Waals surface area contributed by atoms with Crippen molar-refractivity contribution in [2.75, 3.05) is 12.5 Å². The summed E-state index contributed by atoms with van der Waals surface area (Å²) in [4.78, 5) is 0. The van der Waals surface area contributed by atoms with E-state index in [1.54, 1.807) is 0 Å². The molecule has 1 rings (SSSR count). The standard InChI is InChI=1S/C11H21ClO/c1-2-10(9-12)5-3-6-11-7-4-8-13-11/h10-11H,2-9H2,1H3. The van der Waals surface area contributed by atoms with E-state index < -0.39 is 0 Å². The summed E-state index contributed by atoms with van der Waals surface area (Å²) in [5, 5.41) is 0. The Bertz CT molecular complexity index is 115. The minimum atomic E-state index is 0.563. The van der Waals surface area contributed by atoms with Crippen molar-refractivity contribution in [2.24, 2.45) is 5.92 Å². The van der Waals surface area contributed by atoms with Gasteiger partial charge in [-0.25, -0.2) is 0 Å². The largest absolute Gasteiger partial charge is 0.378 e. The van der Waals surface area contributed by atoms with Gasteiger partial charge in [-0.2, -0.15) is 0 Å². The molecule has 1 aliphatic rings. The van der Waals surface area contributed by atoms with Gasteiger partial charge in [-0.05, 0) is 31.6 Å². The molecule has 1 heterocycles.